The Morgan fingerprint density at radius 1 is 1.23 bits per heavy atom. The first-order chi connectivity index (χ1) is 9.68. The first-order valence-electron chi connectivity index (χ1n) is 7.30. The van der Waals surface area contributed by atoms with Crippen molar-refractivity contribution in [1.29, 1.82) is 0 Å². The van der Waals surface area contributed by atoms with Gasteiger partial charge < -0.3 is 10.4 Å². The molecule has 2 fully saturated rings. The van der Waals surface area contributed by atoms with Crippen LogP contribution in [-0.4, -0.2) is 36.2 Å². The maximum atomic E-state index is 14.3. The van der Waals surface area contributed by atoms with Crippen LogP contribution in [0.15, 0.2) is 16.6 Å². The third kappa shape index (κ3) is 3.88. The van der Waals surface area contributed by atoms with E-state index in [9.17, 15) is 9.50 Å². The number of hydrogen-bond donors (Lipinski definition) is 2. The second-order valence-corrected chi connectivity index (χ2v) is 6.57. The van der Waals surface area contributed by atoms with E-state index in [1.54, 1.807) is 6.07 Å². The molecule has 1 saturated carbocycles. The standard InChI is InChI=1S/C15H20BrFN2O.2ClH/c16-11-4-5-12(17)13(15(11)20)14(10-2-1-3-10)19-8-6-18-7-9-19;;/h4-5,10,14,18,20H,1-3,6-9H2;2*1H/t14-;;/m0../s1. The zero-order chi connectivity index (χ0) is 14.1. The van der Waals surface area contributed by atoms with Crippen molar-refractivity contribution in [3.05, 3.63) is 28.0 Å². The minimum atomic E-state index is -0.291. The van der Waals surface area contributed by atoms with Gasteiger partial charge in [-0.05, 0) is 46.8 Å². The van der Waals surface area contributed by atoms with Gasteiger partial charge in [-0.2, -0.15) is 0 Å². The first-order valence-corrected chi connectivity index (χ1v) is 8.09. The Morgan fingerprint density at radius 2 is 1.86 bits per heavy atom. The van der Waals surface area contributed by atoms with E-state index in [4.69, 9.17) is 0 Å². The SMILES string of the molecule is Cl.Cl.Oc1c(Br)ccc(F)c1[C@H](C1CCC1)N1CCNCC1. The molecule has 0 radical (unpaired) electrons. The second-order valence-electron chi connectivity index (χ2n) is 5.71. The van der Waals surface area contributed by atoms with Crippen molar-refractivity contribution >= 4 is 40.7 Å². The highest BCUT2D eigenvalue weighted by molar-refractivity contribution is 9.10. The van der Waals surface area contributed by atoms with Crippen LogP contribution >= 0.6 is 40.7 Å². The molecule has 3 nitrogen and oxygen atoms in total. The highest BCUT2D eigenvalue weighted by atomic mass is 79.9. The molecular formula is C15H22BrCl2FN2O. The molecule has 7 heteroatoms. The van der Waals surface area contributed by atoms with E-state index in [-0.39, 0.29) is 42.4 Å². The number of phenolic OH excluding ortho intramolecular Hbond substituents is 1. The number of rotatable bonds is 3. The summed E-state index contributed by atoms with van der Waals surface area (Å²) in [5.74, 6) is 0.240. The Bertz CT molecular complexity index is 497. The summed E-state index contributed by atoms with van der Waals surface area (Å²) in [4.78, 5) is 2.32. The summed E-state index contributed by atoms with van der Waals surface area (Å²) in [5, 5.41) is 13.6. The van der Waals surface area contributed by atoms with Crippen LogP contribution in [0.5, 0.6) is 5.75 Å². The lowest BCUT2D eigenvalue weighted by atomic mass is 9.76. The molecule has 0 bridgehead atoms. The Kier molecular flexibility index (Phi) is 7.89. The van der Waals surface area contributed by atoms with Crippen molar-refractivity contribution < 1.29 is 9.50 Å². The van der Waals surface area contributed by atoms with E-state index < -0.39 is 0 Å². The lowest BCUT2D eigenvalue weighted by molar-refractivity contribution is 0.0792. The van der Waals surface area contributed by atoms with Gasteiger partial charge in [-0.3, -0.25) is 4.90 Å². The number of aromatic hydroxyl groups is 1. The minimum Gasteiger partial charge on any atom is -0.506 e. The van der Waals surface area contributed by atoms with Gasteiger partial charge in [0.15, 0.2) is 0 Å². The van der Waals surface area contributed by atoms with Crippen LogP contribution in [0.25, 0.3) is 0 Å². The summed E-state index contributed by atoms with van der Waals surface area (Å²) in [6, 6.07) is 3.03. The predicted octanol–water partition coefficient (Wildman–Crippen LogP) is 3.88. The number of nitrogens with one attached hydrogen (secondary N) is 1. The highest BCUT2D eigenvalue weighted by Gasteiger charge is 2.37. The van der Waals surface area contributed by atoms with E-state index in [1.165, 1.54) is 12.5 Å². The second kappa shape index (κ2) is 8.69. The Hall–Kier alpha value is -0.0700. The Balaban J connectivity index is 0.00000121. The molecule has 1 aromatic rings. The van der Waals surface area contributed by atoms with Crippen molar-refractivity contribution in [3.8, 4) is 5.75 Å². The predicted molar refractivity (Wildman–Crippen MR) is 94.8 cm³/mol. The molecule has 126 valence electrons. The monoisotopic (exact) mass is 414 g/mol. The zero-order valence-corrected chi connectivity index (χ0v) is 15.4. The van der Waals surface area contributed by atoms with Crippen molar-refractivity contribution in [2.75, 3.05) is 26.2 Å². The third-order valence-electron chi connectivity index (χ3n) is 4.55. The normalized spacial score (nSPS) is 20.5. The summed E-state index contributed by atoms with van der Waals surface area (Å²) in [7, 11) is 0. The average Bonchev–Trinajstić information content (AvgIpc) is 2.41. The topological polar surface area (TPSA) is 35.5 Å². The van der Waals surface area contributed by atoms with E-state index in [0.29, 0.717) is 16.0 Å². The fourth-order valence-electron chi connectivity index (χ4n) is 3.27. The molecule has 1 aliphatic carbocycles. The van der Waals surface area contributed by atoms with Gasteiger partial charge in [0.05, 0.1) is 4.47 Å². The molecule has 0 spiro atoms. The van der Waals surface area contributed by atoms with Gasteiger partial charge in [-0.15, -0.1) is 24.8 Å². The molecule has 0 aromatic heterocycles. The van der Waals surface area contributed by atoms with Crippen molar-refractivity contribution in [2.45, 2.75) is 25.3 Å². The Labute approximate surface area is 151 Å². The fourth-order valence-corrected chi connectivity index (χ4v) is 3.62. The number of benzene rings is 1. The smallest absolute Gasteiger partial charge is 0.137 e. The molecular weight excluding hydrogens is 394 g/mol. The van der Waals surface area contributed by atoms with Crippen molar-refractivity contribution in [2.24, 2.45) is 5.92 Å². The van der Waals surface area contributed by atoms with Gasteiger partial charge in [-0.1, -0.05) is 6.42 Å². The van der Waals surface area contributed by atoms with Gasteiger partial charge in [0.25, 0.3) is 0 Å². The summed E-state index contributed by atoms with van der Waals surface area (Å²) >= 11 is 3.31. The number of phenols is 1. The molecule has 2 N–H and O–H groups in total. The van der Waals surface area contributed by atoms with Gasteiger partial charge in [0.2, 0.25) is 0 Å². The van der Waals surface area contributed by atoms with E-state index in [0.717, 1.165) is 39.0 Å². The highest BCUT2D eigenvalue weighted by Crippen LogP contribution is 2.46. The molecule has 1 aromatic carbocycles. The van der Waals surface area contributed by atoms with Crippen LogP contribution in [0.2, 0.25) is 0 Å². The molecule has 1 atom stereocenters. The molecule has 0 unspecified atom stereocenters. The Morgan fingerprint density at radius 3 is 2.41 bits per heavy atom. The maximum absolute atomic E-state index is 14.3. The van der Waals surface area contributed by atoms with Crippen LogP contribution in [0.1, 0.15) is 30.9 Å². The average molecular weight is 416 g/mol. The number of piperazine rings is 1. The molecule has 1 heterocycles. The van der Waals surface area contributed by atoms with Gasteiger partial charge in [0, 0.05) is 37.8 Å². The minimum absolute atomic E-state index is 0. The first kappa shape index (κ1) is 20.0. The number of hydrogen-bond acceptors (Lipinski definition) is 3. The molecule has 22 heavy (non-hydrogen) atoms. The molecule has 3 rings (SSSR count). The van der Waals surface area contributed by atoms with Crippen LogP contribution in [0.4, 0.5) is 4.39 Å². The summed E-state index contributed by atoms with van der Waals surface area (Å²) < 4.78 is 14.9. The van der Waals surface area contributed by atoms with E-state index in [2.05, 4.69) is 26.1 Å². The summed E-state index contributed by atoms with van der Waals surface area (Å²) in [6.07, 6.45) is 3.46. The summed E-state index contributed by atoms with van der Waals surface area (Å²) in [6.45, 7) is 3.68. The summed E-state index contributed by atoms with van der Waals surface area (Å²) in [5.41, 5.74) is 0.478. The lowest BCUT2D eigenvalue weighted by Crippen LogP contribution is -2.48. The van der Waals surface area contributed by atoms with Crippen LogP contribution < -0.4 is 5.32 Å². The third-order valence-corrected chi connectivity index (χ3v) is 5.19. The van der Waals surface area contributed by atoms with Crippen LogP contribution in [0, 0.1) is 11.7 Å². The number of nitrogens with zero attached hydrogens (tertiary/aromatic N) is 1. The molecule has 2 aliphatic rings. The van der Waals surface area contributed by atoms with Gasteiger partial charge in [-0.25, -0.2) is 4.39 Å². The van der Waals surface area contributed by atoms with E-state index >= 15 is 0 Å². The van der Waals surface area contributed by atoms with Crippen LogP contribution in [0.3, 0.4) is 0 Å². The van der Waals surface area contributed by atoms with Gasteiger partial charge >= 0.3 is 0 Å². The lowest BCUT2D eigenvalue weighted by Gasteiger charge is -2.43. The van der Waals surface area contributed by atoms with E-state index in [1.807, 2.05) is 0 Å². The van der Waals surface area contributed by atoms with Crippen molar-refractivity contribution in [1.82, 2.24) is 10.2 Å². The zero-order valence-electron chi connectivity index (χ0n) is 12.2. The van der Waals surface area contributed by atoms with Crippen LogP contribution in [-0.2, 0) is 0 Å². The largest absolute Gasteiger partial charge is 0.506 e. The fraction of sp³-hybridized carbons (Fsp3) is 0.600. The van der Waals surface area contributed by atoms with Crippen molar-refractivity contribution in [3.63, 3.8) is 0 Å². The molecule has 1 aliphatic heterocycles. The molecule has 0 amide bonds. The molecule has 1 saturated heterocycles. The quantitative estimate of drug-likeness (QED) is 0.786. The number of halogens is 4. The van der Waals surface area contributed by atoms with Gasteiger partial charge in [0.1, 0.15) is 11.6 Å². The maximum Gasteiger partial charge on any atom is 0.137 e.